The fourth-order valence-corrected chi connectivity index (χ4v) is 2.37. The molecular formula is C11H10ClN3O5. The topological polar surface area (TPSA) is 115 Å². The summed E-state index contributed by atoms with van der Waals surface area (Å²) in [6.07, 6.45) is 0.164. The summed E-state index contributed by atoms with van der Waals surface area (Å²) in [6.45, 7) is 0. The van der Waals surface area contributed by atoms with Gasteiger partial charge in [0.25, 0.3) is 5.69 Å². The van der Waals surface area contributed by atoms with E-state index in [0.717, 1.165) is 6.07 Å². The second-order valence-corrected chi connectivity index (χ2v) is 4.81. The lowest BCUT2D eigenvalue weighted by atomic mass is 9.92. The van der Waals surface area contributed by atoms with Crippen LogP contribution in [-0.4, -0.2) is 21.8 Å². The lowest BCUT2D eigenvalue weighted by Crippen LogP contribution is -2.45. The smallest absolute Gasteiger partial charge is 0.288 e. The van der Waals surface area contributed by atoms with Crippen molar-refractivity contribution in [3.63, 3.8) is 0 Å². The maximum absolute atomic E-state index is 11.4. The van der Waals surface area contributed by atoms with Crippen LogP contribution < -0.4 is 5.32 Å². The number of nitro groups is 2. The van der Waals surface area contributed by atoms with Crippen LogP contribution in [0.25, 0.3) is 0 Å². The Labute approximate surface area is 118 Å². The number of carbonyl (C=O) groups is 1. The van der Waals surface area contributed by atoms with Crippen LogP contribution in [0.5, 0.6) is 0 Å². The van der Waals surface area contributed by atoms with Gasteiger partial charge in [0.15, 0.2) is 0 Å². The Bertz CT molecular complexity index is 591. The van der Waals surface area contributed by atoms with Crippen LogP contribution >= 0.6 is 11.6 Å². The lowest BCUT2D eigenvalue weighted by molar-refractivity contribution is -0.529. The lowest BCUT2D eigenvalue weighted by Gasteiger charge is -2.26. The minimum Gasteiger partial charge on any atom is -0.343 e. The summed E-state index contributed by atoms with van der Waals surface area (Å²) in [5, 5.41) is 24.3. The van der Waals surface area contributed by atoms with Crippen LogP contribution in [0.2, 0.25) is 5.02 Å². The van der Waals surface area contributed by atoms with E-state index in [2.05, 4.69) is 5.32 Å². The molecule has 1 saturated heterocycles. The number of hydrogen-bond acceptors (Lipinski definition) is 5. The van der Waals surface area contributed by atoms with Gasteiger partial charge in [-0.05, 0) is 11.6 Å². The zero-order valence-corrected chi connectivity index (χ0v) is 10.9. The van der Waals surface area contributed by atoms with Gasteiger partial charge in [0.2, 0.25) is 11.9 Å². The van der Waals surface area contributed by atoms with E-state index in [9.17, 15) is 25.0 Å². The van der Waals surface area contributed by atoms with Gasteiger partial charge in [-0.15, -0.1) is 0 Å². The number of nitrogens with one attached hydrogen (secondary N) is 1. The number of benzene rings is 1. The number of carbonyl (C=O) groups excluding carboxylic acids is 1. The van der Waals surface area contributed by atoms with Crippen LogP contribution in [0.1, 0.15) is 24.4 Å². The summed E-state index contributed by atoms with van der Waals surface area (Å²) in [7, 11) is 0. The molecule has 1 amide bonds. The zero-order chi connectivity index (χ0) is 14.9. The predicted octanol–water partition coefficient (Wildman–Crippen LogP) is 1.84. The molecule has 0 radical (unpaired) electrons. The Kier molecular flexibility index (Phi) is 3.84. The van der Waals surface area contributed by atoms with Gasteiger partial charge in [-0.1, -0.05) is 17.7 Å². The van der Waals surface area contributed by atoms with Gasteiger partial charge in [-0.25, -0.2) is 0 Å². The molecule has 1 fully saturated rings. The highest BCUT2D eigenvalue weighted by atomic mass is 35.5. The molecule has 0 saturated carbocycles. The summed E-state index contributed by atoms with van der Waals surface area (Å²) in [6, 6.07) is 2.01. The molecule has 9 heteroatoms. The van der Waals surface area contributed by atoms with E-state index in [-0.39, 0.29) is 29.5 Å². The van der Waals surface area contributed by atoms with Gasteiger partial charge in [0, 0.05) is 23.8 Å². The fourth-order valence-electron chi connectivity index (χ4n) is 2.18. The first kappa shape index (κ1) is 14.2. The Hall–Kier alpha value is -2.22. The highest BCUT2D eigenvalue weighted by molar-refractivity contribution is 6.32. The first-order chi connectivity index (χ1) is 9.40. The Morgan fingerprint density at radius 1 is 1.30 bits per heavy atom. The van der Waals surface area contributed by atoms with Crippen molar-refractivity contribution >= 4 is 23.2 Å². The molecule has 1 N–H and O–H groups in total. The van der Waals surface area contributed by atoms with E-state index < -0.39 is 21.9 Å². The number of piperidine rings is 1. The molecule has 1 aromatic carbocycles. The third kappa shape index (κ3) is 2.69. The molecule has 0 unspecified atom stereocenters. The number of nitrogens with zero attached hydrogens (tertiary/aromatic N) is 2. The Morgan fingerprint density at radius 2 is 2.00 bits per heavy atom. The minimum atomic E-state index is -1.01. The SMILES string of the molecule is O=C1CC[C@@H]([N+](=O)[O-])[C@H](c2ccc(Cl)c([N+](=O)[O-])c2)N1. The molecule has 1 aromatic rings. The number of nitro benzene ring substituents is 1. The van der Waals surface area contributed by atoms with E-state index >= 15 is 0 Å². The van der Waals surface area contributed by atoms with Gasteiger partial charge >= 0.3 is 0 Å². The molecule has 0 spiro atoms. The maximum atomic E-state index is 11.4. The quantitative estimate of drug-likeness (QED) is 0.675. The van der Waals surface area contributed by atoms with Crippen molar-refractivity contribution in [2.24, 2.45) is 0 Å². The van der Waals surface area contributed by atoms with E-state index in [1.165, 1.54) is 12.1 Å². The van der Waals surface area contributed by atoms with Crippen LogP contribution in [0, 0.1) is 20.2 Å². The molecule has 0 aromatic heterocycles. The summed E-state index contributed by atoms with van der Waals surface area (Å²) >= 11 is 5.69. The summed E-state index contributed by atoms with van der Waals surface area (Å²) in [5.74, 6) is -0.314. The third-order valence-electron chi connectivity index (χ3n) is 3.17. The second-order valence-electron chi connectivity index (χ2n) is 4.40. The fraction of sp³-hybridized carbons (Fsp3) is 0.364. The molecule has 106 valence electrons. The molecule has 1 aliphatic rings. The third-order valence-corrected chi connectivity index (χ3v) is 3.48. The Morgan fingerprint density at radius 3 is 2.60 bits per heavy atom. The highest BCUT2D eigenvalue weighted by Crippen LogP contribution is 2.32. The van der Waals surface area contributed by atoms with Crippen LogP contribution in [-0.2, 0) is 4.79 Å². The number of amides is 1. The van der Waals surface area contributed by atoms with Crippen LogP contribution in [0.4, 0.5) is 5.69 Å². The monoisotopic (exact) mass is 299 g/mol. The first-order valence-electron chi connectivity index (χ1n) is 5.77. The summed E-state index contributed by atoms with van der Waals surface area (Å²) in [4.78, 5) is 32.1. The number of halogens is 1. The van der Waals surface area contributed by atoms with Crippen molar-refractivity contribution in [1.29, 1.82) is 0 Å². The normalized spacial score (nSPS) is 22.1. The molecule has 2 rings (SSSR count). The van der Waals surface area contributed by atoms with Crippen molar-refractivity contribution in [1.82, 2.24) is 5.32 Å². The molecule has 0 bridgehead atoms. The largest absolute Gasteiger partial charge is 0.343 e. The van der Waals surface area contributed by atoms with Crippen molar-refractivity contribution in [2.75, 3.05) is 0 Å². The molecule has 1 heterocycles. The molecule has 1 aliphatic heterocycles. The van der Waals surface area contributed by atoms with Crippen LogP contribution in [0.3, 0.4) is 0 Å². The van der Waals surface area contributed by atoms with Crippen molar-refractivity contribution < 1.29 is 14.6 Å². The van der Waals surface area contributed by atoms with Gasteiger partial charge < -0.3 is 5.32 Å². The van der Waals surface area contributed by atoms with Crippen molar-refractivity contribution in [3.05, 3.63) is 49.0 Å². The van der Waals surface area contributed by atoms with Crippen molar-refractivity contribution in [3.8, 4) is 0 Å². The van der Waals surface area contributed by atoms with Crippen LogP contribution in [0.15, 0.2) is 18.2 Å². The summed E-state index contributed by atoms with van der Waals surface area (Å²) in [5.41, 5.74) is -0.0399. The Balaban J connectivity index is 2.41. The second kappa shape index (κ2) is 5.41. The van der Waals surface area contributed by atoms with E-state index in [1.807, 2.05) is 0 Å². The van der Waals surface area contributed by atoms with Gasteiger partial charge in [-0.2, -0.15) is 0 Å². The van der Waals surface area contributed by atoms with E-state index in [4.69, 9.17) is 11.6 Å². The van der Waals surface area contributed by atoms with E-state index in [0.29, 0.717) is 5.56 Å². The number of rotatable bonds is 3. The van der Waals surface area contributed by atoms with Gasteiger partial charge in [-0.3, -0.25) is 25.0 Å². The molecule has 2 atom stereocenters. The van der Waals surface area contributed by atoms with Gasteiger partial charge in [0.1, 0.15) is 11.1 Å². The van der Waals surface area contributed by atoms with E-state index in [1.54, 1.807) is 0 Å². The molecule has 20 heavy (non-hydrogen) atoms. The van der Waals surface area contributed by atoms with Crippen molar-refractivity contribution in [2.45, 2.75) is 24.9 Å². The molecule has 0 aliphatic carbocycles. The highest BCUT2D eigenvalue weighted by Gasteiger charge is 2.38. The predicted molar refractivity (Wildman–Crippen MR) is 69.0 cm³/mol. The zero-order valence-electron chi connectivity index (χ0n) is 10.1. The maximum Gasteiger partial charge on any atom is 0.288 e. The standard InChI is InChI=1S/C11H10ClN3O5/c12-7-2-1-6(5-9(7)15(19)20)11-8(14(17)18)3-4-10(16)13-11/h1-2,5,8,11H,3-4H2,(H,13,16)/t8-,11+/m1/s1. The number of hydrogen-bond donors (Lipinski definition) is 1. The average molecular weight is 300 g/mol. The summed E-state index contributed by atoms with van der Waals surface area (Å²) < 4.78 is 0. The minimum absolute atomic E-state index is 0.0569. The van der Waals surface area contributed by atoms with Gasteiger partial charge in [0.05, 0.1) is 4.92 Å². The average Bonchev–Trinajstić information content (AvgIpc) is 2.38. The molecule has 8 nitrogen and oxygen atoms in total. The molecular weight excluding hydrogens is 290 g/mol. The first-order valence-corrected chi connectivity index (χ1v) is 6.14.